The molecular weight excluding hydrogens is 166 g/mol. The van der Waals surface area contributed by atoms with Crippen molar-refractivity contribution in [2.75, 3.05) is 4.90 Å². The van der Waals surface area contributed by atoms with Gasteiger partial charge >= 0.3 is 0 Å². The molecule has 0 atom stereocenters. The number of nitrogens with zero attached hydrogens (tertiary/aromatic N) is 3. The van der Waals surface area contributed by atoms with Crippen molar-refractivity contribution in [3.05, 3.63) is 11.9 Å². The molecule has 1 aliphatic heterocycles. The van der Waals surface area contributed by atoms with E-state index in [1.54, 1.807) is 11.1 Å². The lowest BCUT2D eigenvalue weighted by atomic mass is 10.3. The lowest BCUT2D eigenvalue weighted by Gasteiger charge is -2.17. The number of imidazole rings is 1. The van der Waals surface area contributed by atoms with Gasteiger partial charge in [0.2, 0.25) is 11.9 Å². The lowest BCUT2D eigenvalue weighted by molar-refractivity contribution is -0.118. The Hall–Kier alpha value is -1.32. The minimum Gasteiger partial charge on any atom is -0.305 e. The van der Waals surface area contributed by atoms with Crippen molar-refractivity contribution in [3.8, 4) is 0 Å². The summed E-state index contributed by atoms with van der Waals surface area (Å²) in [5.74, 6) is 0.929. The standard InChI is InChI=1S/C9H13N3O/c1-6(2)12-8(13)5-11-7(3)4-10-9(11)12/h4,6H,5H2,1-3H3. The van der Waals surface area contributed by atoms with Crippen molar-refractivity contribution in [2.45, 2.75) is 33.4 Å². The number of fused-ring (bicyclic) bond motifs is 1. The molecule has 2 rings (SSSR count). The van der Waals surface area contributed by atoms with E-state index in [1.165, 1.54) is 0 Å². The van der Waals surface area contributed by atoms with Crippen molar-refractivity contribution in [1.29, 1.82) is 0 Å². The predicted molar refractivity (Wildman–Crippen MR) is 49.6 cm³/mol. The van der Waals surface area contributed by atoms with Crippen LogP contribution in [-0.4, -0.2) is 21.5 Å². The number of aryl methyl sites for hydroxylation is 1. The molecule has 0 bridgehead atoms. The molecule has 4 nitrogen and oxygen atoms in total. The van der Waals surface area contributed by atoms with Gasteiger partial charge in [0.25, 0.3) is 0 Å². The highest BCUT2D eigenvalue weighted by atomic mass is 16.2. The molecule has 70 valence electrons. The molecule has 0 unspecified atom stereocenters. The number of hydrogen-bond donors (Lipinski definition) is 0. The van der Waals surface area contributed by atoms with Gasteiger partial charge < -0.3 is 4.57 Å². The second-order valence-electron chi connectivity index (χ2n) is 3.64. The van der Waals surface area contributed by atoms with E-state index in [4.69, 9.17) is 0 Å². The second-order valence-corrected chi connectivity index (χ2v) is 3.64. The molecule has 0 aromatic carbocycles. The number of hydrogen-bond acceptors (Lipinski definition) is 2. The predicted octanol–water partition coefficient (Wildman–Crippen LogP) is 0.947. The van der Waals surface area contributed by atoms with Crippen LogP contribution >= 0.6 is 0 Å². The summed E-state index contributed by atoms with van der Waals surface area (Å²) in [5, 5.41) is 0. The Morgan fingerprint density at radius 2 is 2.23 bits per heavy atom. The normalized spacial score (nSPS) is 15.7. The van der Waals surface area contributed by atoms with Gasteiger partial charge in [-0.1, -0.05) is 0 Å². The maximum absolute atomic E-state index is 11.6. The summed E-state index contributed by atoms with van der Waals surface area (Å²) in [7, 11) is 0. The zero-order valence-electron chi connectivity index (χ0n) is 8.11. The summed E-state index contributed by atoms with van der Waals surface area (Å²) in [6.07, 6.45) is 1.80. The first kappa shape index (κ1) is 8.29. The van der Waals surface area contributed by atoms with E-state index in [9.17, 15) is 4.79 Å². The molecule has 0 spiro atoms. The summed E-state index contributed by atoms with van der Waals surface area (Å²) in [5.41, 5.74) is 1.05. The van der Waals surface area contributed by atoms with E-state index < -0.39 is 0 Å². The molecule has 0 radical (unpaired) electrons. The van der Waals surface area contributed by atoms with Crippen LogP contribution in [0.3, 0.4) is 0 Å². The van der Waals surface area contributed by atoms with E-state index in [2.05, 4.69) is 4.98 Å². The number of carbonyl (C=O) groups is 1. The molecule has 0 N–H and O–H groups in total. The first-order valence-corrected chi connectivity index (χ1v) is 4.45. The summed E-state index contributed by atoms with van der Waals surface area (Å²) in [6, 6.07) is 0.190. The van der Waals surface area contributed by atoms with Crippen molar-refractivity contribution in [3.63, 3.8) is 0 Å². The van der Waals surface area contributed by atoms with Crippen LogP contribution in [0.4, 0.5) is 5.95 Å². The zero-order valence-corrected chi connectivity index (χ0v) is 8.11. The van der Waals surface area contributed by atoms with Gasteiger partial charge in [-0.2, -0.15) is 0 Å². The lowest BCUT2D eigenvalue weighted by Crippen LogP contribution is -2.33. The fourth-order valence-corrected chi connectivity index (χ4v) is 1.68. The Kier molecular flexibility index (Phi) is 1.65. The minimum absolute atomic E-state index is 0.140. The molecule has 0 saturated carbocycles. The minimum atomic E-state index is 0.140. The summed E-state index contributed by atoms with van der Waals surface area (Å²) >= 11 is 0. The molecule has 0 fully saturated rings. The van der Waals surface area contributed by atoms with Crippen LogP contribution in [0.5, 0.6) is 0 Å². The smallest absolute Gasteiger partial charge is 0.249 e. The van der Waals surface area contributed by atoms with Crippen LogP contribution in [-0.2, 0) is 11.3 Å². The molecule has 1 aromatic rings. The second kappa shape index (κ2) is 2.58. The summed E-state index contributed by atoms with van der Waals surface area (Å²) in [6.45, 7) is 6.40. The van der Waals surface area contributed by atoms with Crippen LogP contribution in [0.15, 0.2) is 6.20 Å². The highest BCUT2D eigenvalue weighted by Gasteiger charge is 2.31. The van der Waals surface area contributed by atoms with Gasteiger partial charge in [0.15, 0.2) is 0 Å². The van der Waals surface area contributed by atoms with Gasteiger partial charge in [0.05, 0.1) is 6.20 Å². The highest BCUT2D eigenvalue weighted by molar-refractivity contribution is 5.95. The van der Waals surface area contributed by atoms with Crippen LogP contribution in [0.1, 0.15) is 19.5 Å². The average Bonchev–Trinajstić information content (AvgIpc) is 2.51. The highest BCUT2D eigenvalue weighted by Crippen LogP contribution is 2.24. The van der Waals surface area contributed by atoms with E-state index in [0.29, 0.717) is 6.54 Å². The van der Waals surface area contributed by atoms with E-state index in [-0.39, 0.29) is 11.9 Å². The summed E-state index contributed by atoms with van der Waals surface area (Å²) < 4.78 is 1.95. The molecule has 1 aliphatic rings. The Labute approximate surface area is 77.2 Å². The molecule has 0 saturated heterocycles. The zero-order chi connectivity index (χ0) is 9.59. The fraction of sp³-hybridized carbons (Fsp3) is 0.556. The Balaban J connectivity index is 2.46. The van der Waals surface area contributed by atoms with Gasteiger partial charge in [-0.15, -0.1) is 0 Å². The van der Waals surface area contributed by atoms with Crippen LogP contribution in [0.25, 0.3) is 0 Å². The first-order chi connectivity index (χ1) is 6.11. The Bertz CT molecular complexity index is 354. The maximum Gasteiger partial charge on any atom is 0.249 e. The van der Waals surface area contributed by atoms with Gasteiger partial charge in [-0.25, -0.2) is 4.98 Å². The topological polar surface area (TPSA) is 38.1 Å². The van der Waals surface area contributed by atoms with Crippen LogP contribution in [0.2, 0.25) is 0 Å². The number of rotatable bonds is 1. The van der Waals surface area contributed by atoms with E-state index >= 15 is 0 Å². The van der Waals surface area contributed by atoms with E-state index in [0.717, 1.165) is 11.6 Å². The monoisotopic (exact) mass is 179 g/mol. The third kappa shape index (κ3) is 1.05. The van der Waals surface area contributed by atoms with Gasteiger partial charge in [0.1, 0.15) is 6.54 Å². The van der Waals surface area contributed by atoms with Crippen LogP contribution in [0, 0.1) is 6.92 Å². The fourth-order valence-electron chi connectivity index (χ4n) is 1.68. The van der Waals surface area contributed by atoms with Crippen LogP contribution < -0.4 is 4.90 Å². The third-order valence-electron chi connectivity index (χ3n) is 2.33. The molecule has 13 heavy (non-hydrogen) atoms. The Morgan fingerprint density at radius 3 is 2.85 bits per heavy atom. The third-order valence-corrected chi connectivity index (χ3v) is 2.33. The number of aromatic nitrogens is 2. The van der Waals surface area contributed by atoms with E-state index in [1.807, 2.05) is 25.3 Å². The number of anilines is 1. The van der Waals surface area contributed by atoms with Crippen molar-refractivity contribution < 1.29 is 4.79 Å². The molecular formula is C9H13N3O. The van der Waals surface area contributed by atoms with Gasteiger partial charge in [-0.05, 0) is 20.8 Å². The molecule has 2 heterocycles. The molecule has 4 heteroatoms. The maximum atomic E-state index is 11.6. The summed E-state index contributed by atoms with van der Waals surface area (Å²) in [4.78, 5) is 17.5. The van der Waals surface area contributed by atoms with Crippen molar-refractivity contribution in [1.82, 2.24) is 9.55 Å². The van der Waals surface area contributed by atoms with Gasteiger partial charge in [-0.3, -0.25) is 9.69 Å². The largest absolute Gasteiger partial charge is 0.305 e. The quantitative estimate of drug-likeness (QED) is 0.643. The van der Waals surface area contributed by atoms with Crippen molar-refractivity contribution >= 4 is 11.9 Å². The number of carbonyl (C=O) groups excluding carboxylic acids is 1. The first-order valence-electron chi connectivity index (χ1n) is 4.45. The SMILES string of the molecule is Cc1cnc2n1CC(=O)N2C(C)C. The Morgan fingerprint density at radius 1 is 1.54 bits per heavy atom. The molecule has 1 amide bonds. The molecule has 1 aromatic heterocycles. The molecule has 0 aliphatic carbocycles. The van der Waals surface area contributed by atoms with Gasteiger partial charge in [0, 0.05) is 11.7 Å². The average molecular weight is 179 g/mol. The van der Waals surface area contributed by atoms with Crippen molar-refractivity contribution in [2.24, 2.45) is 0 Å². The number of amides is 1.